The van der Waals surface area contributed by atoms with Crippen LogP contribution in [0.3, 0.4) is 0 Å². The van der Waals surface area contributed by atoms with Crippen LogP contribution < -0.4 is 0 Å². The Bertz CT molecular complexity index is 329. The van der Waals surface area contributed by atoms with Crippen molar-refractivity contribution in [3.8, 4) is 0 Å². The predicted octanol–water partition coefficient (Wildman–Crippen LogP) is 7.39. The predicted molar refractivity (Wildman–Crippen MR) is 105 cm³/mol. The molecule has 0 amide bonds. The standard InChI is InChI=1S/C20H36Cl2O2/c1-3-4-5-6-7-8-9-10-11-12-13-14-15-16-17-20(2,18(21)23)19(22)24/h3-17H2,1-2H3. The summed E-state index contributed by atoms with van der Waals surface area (Å²) in [5.74, 6) is 0. The molecule has 0 bridgehead atoms. The molecule has 2 nitrogen and oxygen atoms in total. The van der Waals surface area contributed by atoms with E-state index in [1.165, 1.54) is 70.6 Å². The van der Waals surface area contributed by atoms with Gasteiger partial charge in [0, 0.05) is 0 Å². The number of rotatable bonds is 17. The lowest BCUT2D eigenvalue weighted by Gasteiger charge is -2.20. The lowest BCUT2D eigenvalue weighted by atomic mass is 9.87. The van der Waals surface area contributed by atoms with Gasteiger partial charge >= 0.3 is 0 Å². The summed E-state index contributed by atoms with van der Waals surface area (Å²) in [4.78, 5) is 22.7. The first-order chi connectivity index (χ1) is 11.4. The van der Waals surface area contributed by atoms with Gasteiger partial charge in [-0.3, -0.25) is 9.59 Å². The van der Waals surface area contributed by atoms with E-state index in [9.17, 15) is 9.59 Å². The largest absolute Gasteiger partial charge is 0.280 e. The van der Waals surface area contributed by atoms with Gasteiger partial charge in [-0.25, -0.2) is 0 Å². The van der Waals surface area contributed by atoms with Gasteiger partial charge in [-0.15, -0.1) is 0 Å². The van der Waals surface area contributed by atoms with Crippen molar-refractivity contribution in [3.63, 3.8) is 0 Å². The molecular weight excluding hydrogens is 343 g/mol. The molecule has 0 atom stereocenters. The van der Waals surface area contributed by atoms with E-state index < -0.39 is 15.9 Å². The van der Waals surface area contributed by atoms with E-state index in [4.69, 9.17) is 23.2 Å². The van der Waals surface area contributed by atoms with Crippen LogP contribution in [-0.2, 0) is 9.59 Å². The topological polar surface area (TPSA) is 34.1 Å². The highest BCUT2D eigenvalue weighted by Crippen LogP contribution is 2.30. The van der Waals surface area contributed by atoms with Crippen molar-refractivity contribution in [3.05, 3.63) is 0 Å². The molecular formula is C20H36Cl2O2. The molecule has 0 unspecified atom stereocenters. The van der Waals surface area contributed by atoms with Crippen LogP contribution in [0.5, 0.6) is 0 Å². The molecule has 0 saturated carbocycles. The first-order valence-electron chi connectivity index (χ1n) is 9.85. The molecule has 0 N–H and O–H groups in total. The second-order valence-electron chi connectivity index (χ2n) is 7.23. The maximum absolute atomic E-state index is 11.3. The number of hydrogen-bond acceptors (Lipinski definition) is 2. The molecule has 0 fully saturated rings. The zero-order valence-corrected chi connectivity index (χ0v) is 17.2. The van der Waals surface area contributed by atoms with Crippen LogP contribution in [0, 0.1) is 5.41 Å². The fourth-order valence-electron chi connectivity index (χ4n) is 2.95. The van der Waals surface area contributed by atoms with Gasteiger partial charge in [0.15, 0.2) is 0 Å². The summed E-state index contributed by atoms with van der Waals surface area (Å²) in [6.07, 6.45) is 18.3. The SMILES string of the molecule is CCCCCCCCCCCCCCCCC(C)(C(=O)Cl)C(=O)Cl. The summed E-state index contributed by atoms with van der Waals surface area (Å²) in [7, 11) is 0. The normalized spacial score (nSPS) is 11.7. The molecule has 0 aliphatic rings. The van der Waals surface area contributed by atoms with Crippen molar-refractivity contribution in [2.45, 2.75) is 110 Å². The minimum absolute atomic E-state index is 0.454. The smallest absolute Gasteiger partial charge is 0.236 e. The molecule has 0 rings (SSSR count). The highest BCUT2D eigenvalue weighted by molar-refractivity contribution is 6.74. The Morgan fingerprint density at radius 2 is 0.917 bits per heavy atom. The molecule has 24 heavy (non-hydrogen) atoms. The number of halogens is 2. The van der Waals surface area contributed by atoms with Crippen molar-refractivity contribution in [2.75, 3.05) is 0 Å². The third-order valence-corrected chi connectivity index (χ3v) is 5.73. The maximum Gasteiger partial charge on any atom is 0.236 e. The average molecular weight is 379 g/mol. The molecule has 0 heterocycles. The quantitative estimate of drug-likeness (QED) is 0.150. The lowest BCUT2D eigenvalue weighted by Crippen LogP contribution is -2.30. The first-order valence-corrected chi connectivity index (χ1v) is 10.6. The van der Waals surface area contributed by atoms with Crippen molar-refractivity contribution in [2.24, 2.45) is 5.41 Å². The highest BCUT2D eigenvalue weighted by atomic mass is 35.5. The molecule has 0 spiro atoms. The third-order valence-electron chi connectivity index (χ3n) is 4.90. The summed E-state index contributed by atoms with van der Waals surface area (Å²) in [6.45, 7) is 3.80. The third kappa shape index (κ3) is 11.5. The number of carbonyl (C=O) groups excluding carboxylic acids is 2. The molecule has 0 aromatic carbocycles. The lowest BCUT2D eigenvalue weighted by molar-refractivity contribution is -0.130. The van der Waals surface area contributed by atoms with E-state index in [2.05, 4.69) is 6.92 Å². The van der Waals surface area contributed by atoms with Gasteiger partial charge in [0.25, 0.3) is 0 Å². The molecule has 0 radical (unpaired) electrons. The van der Waals surface area contributed by atoms with Gasteiger partial charge in [0.1, 0.15) is 5.41 Å². The van der Waals surface area contributed by atoms with Crippen LogP contribution in [0.15, 0.2) is 0 Å². The van der Waals surface area contributed by atoms with E-state index in [-0.39, 0.29) is 0 Å². The van der Waals surface area contributed by atoms with Crippen LogP contribution >= 0.6 is 23.2 Å². The minimum Gasteiger partial charge on any atom is -0.280 e. The molecule has 0 aromatic rings. The molecule has 0 saturated heterocycles. The van der Waals surface area contributed by atoms with Gasteiger partial charge in [-0.05, 0) is 36.5 Å². The second kappa shape index (κ2) is 15.2. The molecule has 0 aliphatic heterocycles. The fourth-order valence-corrected chi connectivity index (χ4v) is 3.36. The Kier molecular flexibility index (Phi) is 15.1. The van der Waals surface area contributed by atoms with Gasteiger partial charge in [-0.1, -0.05) is 96.8 Å². The van der Waals surface area contributed by atoms with Crippen molar-refractivity contribution < 1.29 is 9.59 Å². The fraction of sp³-hybridized carbons (Fsp3) is 0.900. The van der Waals surface area contributed by atoms with Gasteiger partial charge < -0.3 is 0 Å². The Balaban J connectivity index is 3.40. The van der Waals surface area contributed by atoms with E-state index in [1.54, 1.807) is 6.92 Å². The number of hydrogen-bond donors (Lipinski definition) is 0. The monoisotopic (exact) mass is 378 g/mol. The zero-order chi connectivity index (χ0) is 18.3. The van der Waals surface area contributed by atoms with E-state index in [0.717, 1.165) is 19.3 Å². The zero-order valence-electron chi connectivity index (χ0n) is 15.7. The second-order valence-corrected chi connectivity index (χ2v) is 7.91. The Morgan fingerprint density at radius 1 is 0.625 bits per heavy atom. The van der Waals surface area contributed by atoms with Crippen molar-refractivity contribution >= 4 is 33.7 Å². The first kappa shape index (κ1) is 23.9. The van der Waals surface area contributed by atoms with E-state index >= 15 is 0 Å². The van der Waals surface area contributed by atoms with E-state index in [1.807, 2.05) is 0 Å². The Hall–Kier alpha value is -0.0800. The highest BCUT2D eigenvalue weighted by Gasteiger charge is 2.38. The van der Waals surface area contributed by atoms with Crippen molar-refractivity contribution in [1.29, 1.82) is 0 Å². The van der Waals surface area contributed by atoms with Crippen LogP contribution in [0.1, 0.15) is 110 Å². The maximum atomic E-state index is 11.3. The molecule has 0 aromatic heterocycles. The van der Waals surface area contributed by atoms with Gasteiger partial charge in [0.05, 0.1) is 0 Å². The Labute approximate surface area is 159 Å². The average Bonchev–Trinajstić information content (AvgIpc) is 2.54. The minimum atomic E-state index is -1.21. The Morgan fingerprint density at radius 3 is 1.21 bits per heavy atom. The molecule has 142 valence electrons. The van der Waals surface area contributed by atoms with Gasteiger partial charge in [0.2, 0.25) is 10.5 Å². The summed E-state index contributed by atoms with van der Waals surface area (Å²) in [6, 6.07) is 0. The molecule has 0 aliphatic carbocycles. The summed E-state index contributed by atoms with van der Waals surface area (Å²) in [5, 5.41) is -1.28. The number of carbonyl (C=O) groups is 2. The van der Waals surface area contributed by atoms with E-state index in [0.29, 0.717) is 6.42 Å². The van der Waals surface area contributed by atoms with Crippen LogP contribution in [0.2, 0.25) is 0 Å². The van der Waals surface area contributed by atoms with Crippen LogP contribution in [0.25, 0.3) is 0 Å². The van der Waals surface area contributed by atoms with Crippen molar-refractivity contribution in [1.82, 2.24) is 0 Å². The van der Waals surface area contributed by atoms with Crippen LogP contribution in [-0.4, -0.2) is 10.5 Å². The molecule has 4 heteroatoms. The summed E-state index contributed by atoms with van der Waals surface area (Å²) < 4.78 is 0. The summed E-state index contributed by atoms with van der Waals surface area (Å²) in [5.41, 5.74) is -1.21. The summed E-state index contributed by atoms with van der Waals surface area (Å²) >= 11 is 11.0. The van der Waals surface area contributed by atoms with Crippen LogP contribution in [0.4, 0.5) is 0 Å². The number of unbranched alkanes of at least 4 members (excludes halogenated alkanes) is 13. The van der Waals surface area contributed by atoms with Gasteiger partial charge in [-0.2, -0.15) is 0 Å².